The van der Waals surface area contributed by atoms with Crippen LogP contribution >= 0.6 is 0 Å². The maximum absolute atomic E-state index is 10.8. The lowest BCUT2D eigenvalue weighted by atomic mass is 9.83. The number of benzene rings is 1. The predicted molar refractivity (Wildman–Crippen MR) is 62.4 cm³/mol. The highest BCUT2D eigenvalue weighted by Crippen LogP contribution is 2.32. The van der Waals surface area contributed by atoms with Gasteiger partial charge in [-0.1, -0.05) is 19.9 Å². The summed E-state index contributed by atoms with van der Waals surface area (Å²) in [5, 5.41) is 14.1. The van der Waals surface area contributed by atoms with Gasteiger partial charge in [0.2, 0.25) is 0 Å². The van der Waals surface area contributed by atoms with Crippen molar-refractivity contribution in [3.63, 3.8) is 0 Å². The van der Waals surface area contributed by atoms with E-state index < -0.39 is 0 Å². The molecule has 0 amide bonds. The summed E-state index contributed by atoms with van der Waals surface area (Å²) in [6.07, 6.45) is 0. The first-order valence-corrected chi connectivity index (χ1v) is 5.57. The van der Waals surface area contributed by atoms with Gasteiger partial charge in [-0.25, -0.2) is 0 Å². The molecule has 0 aliphatic carbocycles. The van der Waals surface area contributed by atoms with Crippen LogP contribution in [0.3, 0.4) is 0 Å². The third-order valence-corrected chi connectivity index (χ3v) is 3.22. The van der Waals surface area contributed by atoms with Gasteiger partial charge in [-0.15, -0.1) is 0 Å². The van der Waals surface area contributed by atoms with Crippen LogP contribution in [-0.4, -0.2) is 11.5 Å². The Morgan fingerprint density at radius 1 is 1.50 bits per heavy atom. The number of nitro groups is 1. The van der Waals surface area contributed by atoms with Crippen LogP contribution in [0.15, 0.2) is 18.2 Å². The number of non-ortho nitro benzene ring substituents is 1. The molecule has 0 fully saturated rings. The summed E-state index contributed by atoms with van der Waals surface area (Å²) in [5.74, 6) is 0.872. The van der Waals surface area contributed by atoms with Crippen LogP contribution in [0.5, 0.6) is 0 Å². The lowest BCUT2D eigenvalue weighted by Crippen LogP contribution is -2.30. The van der Waals surface area contributed by atoms with E-state index in [1.807, 2.05) is 6.07 Å². The van der Waals surface area contributed by atoms with Gasteiger partial charge in [-0.3, -0.25) is 10.1 Å². The second-order valence-electron chi connectivity index (χ2n) is 4.62. The Hall–Kier alpha value is -1.42. The number of hydrogen-bond acceptors (Lipinski definition) is 3. The minimum atomic E-state index is -0.320. The molecular weight excluding hydrogens is 204 g/mol. The fourth-order valence-electron chi connectivity index (χ4n) is 2.27. The summed E-state index contributed by atoms with van der Waals surface area (Å²) in [7, 11) is 0. The van der Waals surface area contributed by atoms with Crippen LogP contribution in [0.2, 0.25) is 0 Å². The normalized spacial score (nSPS) is 19.6. The van der Waals surface area contributed by atoms with Gasteiger partial charge in [0.25, 0.3) is 5.69 Å². The molecule has 2 rings (SSSR count). The van der Waals surface area contributed by atoms with Crippen LogP contribution in [0.4, 0.5) is 5.69 Å². The van der Waals surface area contributed by atoms with Crippen molar-refractivity contribution >= 4 is 5.69 Å². The summed E-state index contributed by atoms with van der Waals surface area (Å²) in [6.45, 7) is 6.03. The SMILES string of the molecule is CC(C)C1CNCc2ccc([N+](=O)[O-])cc21. The van der Waals surface area contributed by atoms with Crippen LogP contribution in [0, 0.1) is 16.0 Å². The molecule has 0 saturated heterocycles. The number of fused-ring (bicyclic) bond motifs is 1. The van der Waals surface area contributed by atoms with Crippen molar-refractivity contribution in [2.75, 3.05) is 6.54 Å². The zero-order valence-electron chi connectivity index (χ0n) is 9.56. The topological polar surface area (TPSA) is 55.2 Å². The Labute approximate surface area is 94.8 Å². The largest absolute Gasteiger partial charge is 0.312 e. The van der Waals surface area contributed by atoms with Crippen molar-refractivity contribution in [2.24, 2.45) is 5.92 Å². The maximum atomic E-state index is 10.8. The van der Waals surface area contributed by atoms with Gasteiger partial charge >= 0.3 is 0 Å². The average Bonchev–Trinajstić information content (AvgIpc) is 2.27. The molecule has 86 valence electrons. The van der Waals surface area contributed by atoms with Gasteiger partial charge in [0.05, 0.1) is 4.92 Å². The Morgan fingerprint density at radius 2 is 2.25 bits per heavy atom. The number of hydrogen-bond donors (Lipinski definition) is 1. The molecule has 0 saturated carbocycles. The van der Waals surface area contributed by atoms with Crippen molar-refractivity contribution in [2.45, 2.75) is 26.3 Å². The second-order valence-corrected chi connectivity index (χ2v) is 4.62. The van der Waals surface area contributed by atoms with Crippen molar-refractivity contribution in [3.05, 3.63) is 39.4 Å². The van der Waals surface area contributed by atoms with Crippen LogP contribution in [0.25, 0.3) is 0 Å². The molecule has 0 radical (unpaired) electrons. The van der Waals surface area contributed by atoms with E-state index in [0.29, 0.717) is 11.8 Å². The maximum Gasteiger partial charge on any atom is 0.269 e. The zero-order valence-corrected chi connectivity index (χ0v) is 9.56. The van der Waals surface area contributed by atoms with Crippen LogP contribution < -0.4 is 5.32 Å². The molecule has 4 nitrogen and oxygen atoms in total. The monoisotopic (exact) mass is 220 g/mol. The van der Waals surface area contributed by atoms with Crippen molar-refractivity contribution in [1.29, 1.82) is 0 Å². The van der Waals surface area contributed by atoms with E-state index in [0.717, 1.165) is 18.7 Å². The summed E-state index contributed by atoms with van der Waals surface area (Å²) in [6, 6.07) is 5.19. The Bertz CT molecular complexity index is 415. The lowest BCUT2D eigenvalue weighted by Gasteiger charge is -2.29. The molecule has 1 aromatic carbocycles. The molecule has 1 heterocycles. The van der Waals surface area contributed by atoms with Crippen LogP contribution in [0.1, 0.15) is 30.9 Å². The Kier molecular flexibility index (Phi) is 2.92. The van der Waals surface area contributed by atoms with Crippen molar-refractivity contribution in [3.8, 4) is 0 Å². The summed E-state index contributed by atoms with van der Waals surface area (Å²) >= 11 is 0. The Morgan fingerprint density at radius 3 is 2.88 bits per heavy atom. The molecule has 1 aliphatic heterocycles. The molecule has 1 unspecified atom stereocenters. The molecule has 16 heavy (non-hydrogen) atoms. The van der Waals surface area contributed by atoms with Gasteiger partial charge in [0, 0.05) is 25.2 Å². The first kappa shape index (κ1) is 11.1. The average molecular weight is 220 g/mol. The van der Waals surface area contributed by atoms with Gasteiger partial charge in [-0.05, 0) is 23.0 Å². The van der Waals surface area contributed by atoms with Gasteiger partial charge < -0.3 is 5.32 Å². The molecule has 1 N–H and O–H groups in total. The molecule has 0 spiro atoms. The van der Waals surface area contributed by atoms with E-state index in [1.54, 1.807) is 12.1 Å². The number of rotatable bonds is 2. The molecule has 4 heteroatoms. The molecular formula is C12H16N2O2. The van der Waals surface area contributed by atoms with Gasteiger partial charge in [0.1, 0.15) is 0 Å². The summed E-state index contributed by atoms with van der Waals surface area (Å²) in [4.78, 5) is 10.4. The first-order chi connectivity index (χ1) is 7.59. The van der Waals surface area contributed by atoms with Crippen molar-refractivity contribution < 1.29 is 4.92 Å². The summed E-state index contributed by atoms with van der Waals surface area (Å²) in [5.41, 5.74) is 2.53. The quantitative estimate of drug-likeness (QED) is 0.615. The highest BCUT2D eigenvalue weighted by molar-refractivity contribution is 5.43. The molecule has 1 aromatic rings. The molecule has 1 aliphatic rings. The summed E-state index contributed by atoms with van der Waals surface area (Å²) < 4.78 is 0. The molecule has 0 bridgehead atoms. The van der Waals surface area contributed by atoms with E-state index >= 15 is 0 Å². The zero-order chi connectivity index (χ0) is 11.7. The van der Waals surface area contributed by atoms with Crippen molar-refractivity contribution in [1.82, 2.24) is 5.32 Å². The highest BCUT2D eigenvalue weighted by Gasteiger charge is 2.24. The first-order valence-electron chi connectivity index (χ1n) is 5.57. The van der Waals surface area contributed by atoms with Gasteiger partial charge in [0.15, 0.2) is 0 Å². The number of nitrogens with one attached hydrogen (secondary N) is 1. The standard InChI is InChI=1S/C12H16N2O2/c1-8(2)12-7-13-6-9-3-4-10(14(15)16)5-11(9)12/h3-5,8,12-13H,6-7H2,1-2H3. The fraction of sp³-hybridized carbons (Fsp3) is 0.500. The van der Waals surface area contributed by atoms with Gasteiger partial charge in [-0.2, -0.15) is 0 Å². The highest BCUT2D eigenvalue weighted by atomic mass is 16.6. The lowest BCUT2D eigenvalue weighted by molar-refractivity contribution is -0.385. The van der Waals surface area contributed by atoms with Crippen LogP contribution in [-0.2, 0) is 6.54 Å². The van der Waals surface area contributed by atoms with E-state index in [9.17, 15) is 10.1 Å². The minimum Gasteiger partial charge on any atom is -0.312 e. The number of nitro benzene ring substituents is 1. The Balaban J connectivity index is 2.44. The predicted octanol–water partition coefficient (Wildman–Crippen LogP) is 2.44. The smallest absolute Gasteiger partial charge is 0.269 e. The van der Waals surface area contributed by atoms with E-state index in [-0.39, 0.29) is 10.6 Å². The fourth-order valence-corrected chi connectivity index (χ4v) is 2.27. The van der Waals surface area contributed by atoms with E-state index in [4.69, 9.17) is 0 Å². The van der Waals surface area contributed by atoms with E-state index in [2.05, 4.69) is 19.2 Å². The minimum absolute atomic E-state index is 0.200. The molecule has 0 aromatic heterocycles. The van der Waals surface area contributed by atoms with E-state index in [1.165, 1.54) is 5.56 Å². The number of nitrogens with zero attached hydrogens (tertiary/aromatic N) is 1. The third kappa shape index (κ3) is 1.93. The second kappa shape index (κ2) is 4.22. The third-order valence-electron chi connectivity index (χ3n) is 3.22. The molecule has 1 atom stereocenters.